The molecule has 0 aliphatic rings. The number of thiazole rings is 1. The number of ether oxygens (including phenoxy) is 1. The number of amides is 3. The molecular weight excluding hydrogens is 601 g/mol. The van der Waals surface area contributed by atoms with E-state index in [2.05, 4.69) is 20.9 Å². The summed E-state index contributed by atoms with van der Waals surface area (Å²) in [6.07, 6.45) is 1.60. The topological polar surface area (TPSA) is 109 Å². The first-order valence-corrected chi connectivity index (χ1v) is 15.8. The molecule has 11 heteroatoms. The van der Waals surface area contributed by atoms with E-state index >= 15 is 0 Å². The molecule has 3 N–H and O–H groups in total. The van der Waals surface area contributed by atoms with Crippen molar-refractivity contribution in [3.8, 4) is 16.3 Å². The molecule has 3 amide bonds. The molecule has 0 aliphatic heterocycles. The van der Waals surface area contributed by atoms with Crippen LogP contribution in [0.4, 0.5) is 10.8 Å². The maximum absolute atomic E-state index is 13.3. The first-order valence-electron chi connectivity index (χ1n) is 13.0. The number of anilines is 2. The summed E-state index contributed by atoms with van der Waals surface area (Å²) < 4.78 is 5.21. The van der Waals surface area contributed by atoms with Crippen LogP contribution in [0.5, 0.6) is 5.75 Å². The first kappa shape index (κ1) is 29.8. The smallest absolute Gasteiger partial charge is 0.272 e. The van der Waals surface area contributed by atoms with Crippen LogP contribution < -0.4 is 20.7 Å². The minimum atomic E-state index is -0.481. The maximum atomic E-state index is 13.3. The van der Waals surface area contributed by atoms with Gasteiger partial charge in [-0.2, -0.15) is 0 Å². The number of nitrogens with zero attached hydrogens (tertiary/aromatic N) is 1. The third kappa shape index (κ3) is 8.41. The van der Waals surface area contributed by atoms with Gasteiger partial charge in [-0.3, -0.25) is 14.4 Å². The number of aromatic nitrogens is 1. The van der Waals surface area contributed by atoms with E-state index in [1.165, 1.54) is 23.1 Å². The molecule has 5 aromatic rings. The number of hydrogen-bond donors (Lipinski definition) is 3. The Balaban J connectivity index is 1.19. The predicted octanol–water partition coefficient (Wildman–Crippen LogP) is 7.02. The number of rotatable bonds is 11. The first-order chi connectivity index (χ1) is 21.0. The lowest BCUT2D eigenvalue weighted by Crippen LogP contribution is -2.30. The van der Waals surface area contributed by atoms with E-state index < -0.39 is 11.8 Å². The van der Waals surface area contributed by atoms with Gasteiger partial charge in [-0.1, -0.05) is 36.4 Å². The fourth-order valence-electron chi connectivity index (χ4n) is 3.81. The number of methoxy groups -OCH3 is 1. The van der Waals surface area contributed by atoms with Crippen LogP contribution in [-0.4, -0.2) is 35.6 Å². The molecule has 0 atom stereocenters. The molecule has 0 unspecified atom stereocenters. The Kier molecular flexibility index (Phi) is 10.0. The number of benzene rings is 3. The zero-order chi connectivity index (χ0) is 30.0. The molecule has 0 bridgehead atoms. The second-order valence-electron chi connectivity index (χ2n) is 8.98. The van der Waals surface area contributed by atoms with Crippen LogP contribution in [0.2, 0.25) is 0 Å². The van der Waals surface area contributed by atoms with Gasteiger partial charge >= 0.3 is 0 Å². The van der Waals surface area contributed by atoms with Crippen molar-refractivity contribution in [2.75, 3.05) is 23.5 Å². The summed E-state index contributed by atoms with van der Waals surface area (Å²) in [5, 5.41) is 12.9. The molecule has 3 aromatic carbocycles. The number of thiophene rings is 1. The van der Waals surface area contributed by atoms with E-state index in [-0.39, 0.29) is 17.4 Å². The summed E-state index contributed by atoms with van der Waals surface area (Å²) in [6, 6.07) is 26.9. The molecule has 43 heavy (non-hydrogen) atoms. The highest BCUT2D eigenvalue weighted by Crippen LogP contribution is 2.28. The van der Waals surface area contributed by atoms with E-state index in [0.29, 0.717) is 27.7 Å². The Hall–Kier alpha value is -4.71. The van der Waals surface area contributed by atoms with E-state index in [9.17, 15) is 14.4 Å². The van der Waals surface area contributed by atoms with Crippen molar-refractivity contribution in [1.82, 2.24) is 10.3 Å². The van der Waals surface area contributed by atoms with Crippen molar-refractivity contribution in [2.45, 2.75) is 4.90 Å². The maximum Gasteiger partial charge on any atom is 0.272 e. The highest BCUT2D eigenvalue weighted by molar-refractivity contribution is 8.00. The van der Waals surface area contributed by atoms with Gasteiger partial charge in [-0.15, -0.1) is 34.4 Å². The van der Waals surface area contributed by atoms with Crippen LogP contribution in [0.1, 0.15) is 15.9 Å². The highest BCUT2D eigenvalue weighted by atomic mass is 32.2. The Bertz CT molecular complexity index is 1720. The largest absolute Gasteiger partial charge is 0.497 e. The summed E-state index contributed by atoms with van der Waals surface area (Å²) in [5.74, 6) is -0.151. The molecule has 0 fully saturated rings. The highest BCUT2D eigenvalue weighted by Gasteiger charge is 2.16. The molecular formula is C32H26N4O4S3. The number of hydrogen-bond acceptors (Lipinski definition) is 8. The lowest BCUT2D eigenvalue weighted by Gasteiger charge is -2.12. The summed E-state index contributed by atoms with van der Waals surface area (Å²) in [6.45, 7) is 0. The van der Waals surface area contributed by atoms with E-state index in [1.807, 2.05) is 41.1 Å². The number of carbonyl (C=O) groups is 3. The van der Waals surface area contributed by atoms with Gasteiger partial charge in [0.15, 0.2) is 5.13 Å². The van der Waals surface area contributed by atoms with Crippen LogP contribution in [0.15, 0.2) is 112 Å². The third-order valence-corrected chi connectivity index (χ3v) is 8.62. The molecule has 2 aromatic heterocycles. The minimum absolute atomic E-state index is 0.0820. The lowest BCUT2D eigenvalue weighted by molar-refractivity contribution is -0.114. The zero-order valence-corrected chi connectivity index (χ0v) is 25.4. The molecule has 5 rings (SSSR count). The summed E-state index contributed by atoms with van der Waals surface area (Å²) in [5.41, 5.74) is 2.61. The van der Waals surface area contributed by atoms with Crippen LogP contribution in [0, 0.1) is 0 Å². The van der Waals surface area contributed by atoms with Crippen LogP contribution in [0.25, 0.3) is 16.6 Å². The monoisotopic (exact) mass is 626 g/mol. The van der Waals surface area contributed by atoms with Crippen LogP contribution >= 0.6 is 34.4 Å². The van der Waals surface area contributed by atoms with Gasteiger partial charge in [0.05, 0.1) is 23.4 Å². The van der Waals surface area contributed by atoms with Crippen molar-refractivity contribution < 1.29 is 19.1 Å². The normalized spacial score (nSPS) is 11.0. The zero-order valence-electron chi connectivity index (χ0n) is 22.9. The molecule has 0 saturated carbocycles. The van der Waals surface area contributed by atoms with Gasteiger partial charge < -0.3 is 20.7 Å². The Morgan fingerprint density at radius 1 is 0.884 bits per heavy atom. The fourth-order valence-corrected chi connectivity index (χ4v) is 6.00. The van der Waals surface area contributed by atoms with E-state index in [1.54, 1.807) is 85.2 Å². The number of thioether (sulfide) groups is 1. The SMILES string of the molecule is COc1ccc(/C=C(\NC(=O)c2ccccc2)C(=O)Nc2ccc(SCC(=O)Nc3nc(-c4cccs4)cs3)cc2)cc1. The lowest BCUT2D eigenvalue weighted by atomic mass is 10.1. The van der Waals surface area contributed by atoms with Gasteiger partial charge in [0.2, 0.25) is 5.91 Å². The standard InChI is InChI=1S/C32H26N4O4S3/c1-40-24-13-9-21(10-14-24)18-26(34-30(38)22-6-3-2-4-7-22)31(39)33-23-11-15-25(16-12-23)42-20-29(37)36-32-35-27(19-43-32)28-8-5-17-41-28/h2-19H,20H2,1H3,(H,33,39)(H,34,38)(H,35,36,37)/b26-18-. The molecule has 0 spiro atoms. The summed E-state index contributed by atoms with van der Waals surface area (Å²) in [7, 11) is 1.58. The van der Waals surface area contributed by atoms with E-state index in [0.717, 1.165) is 15.5 Å². The molecule has 0 radical (unpaired) electrons. The molecule has 0 aliphatic carbocycles. The molecule has 0 saturated heterocycles. The average molecular weight is 627 g/mol. The molecule has 216 valence electrons. The van der Waals surface area contributed by atoms with Gasteiger partial charge in [-0.25, -0.2) is 4.98 Å². The molecule has 8 nitrogen and oxygen atoms in total. The van der Waals surface area contributed by atoms with Gasteiger partial charge in [0.25, 0.3) is 11.8 Å². The number of carbonyl (C=O) groups excluding carboxylic acids is 3. The van der Waals surface area contributed by atoms with Gasteiger partial charge in [0, 0.05) is 21.5 Å². The third-order valence-electron chi connectivity index (χ3n) is 5.96. The summed E-state index contributed by atoms with van der Waals surface area (Å²) >= 11 is 4.36. The van der Waals surface area contributed by atoms with Crippen LogP contribution in [0.3, 0.4) is 0 Å². The second-order valence-corrected chi connectivity index (χ2v) is 11.8. The minimum Gasteiger partial charge on any atom is -0.497 e. The summed E-state index contributed by atoms with van der Waals surface area (Å²) in [4.78, 5) is 45.0. The Morgan fingerprint density at radius 3 is 2.35 bits per heavy atom. The van der Waals surface area contributed by atoms with Gasteiger partial charge in [-0.05, 0) is 71.6 Å². The number of nitrogens with one attached hydrogen (secondary N) is 3. The quantitative estimate of drug-likeness (QED) is 0.107. The second kappa shape index (κ2) is 14.5. The fraction of sp³-hybridized carbons (Fsp3) is 0.0625. The van der Waals surface area contributed by atoms with Crippen molar-refractivity contribution in [3.05, 3.63) is 119 Å². The Labute approximate surface area is 260 Å². The van der Waals surface area contributed by atoms with Crippen molar-refractivity contribution in [1.29, 1.82) is 0 Å². The van der Waals surface area contributed by atoms with Crippen LogP contribution in [-0.2, 0) is 9.59 Å². The predicted molar refractivity (Wildman–Crippen MR) is 175 cm³/mol. The Morgan fingerprint density at radius 2 is 1.65 bits per heavy atom. The molecule has 2 heterocycles. The van der Waals surface area contributed by atoms with E-state index in [4.69, 9.17) is 4.74 Å². The average Bonchev–Trinajstić information content (AvgIpc) is 3.74. The van der Waals surface area contributed by atoms with Gasteiger partial charge in [0.1, 0.15) is 11.4 Å². The van der Waals surface area contributed by atoms with Crippen molar-refractivity contribution >= 4 is 69.1 Å². The van der Waals surface area contributed by atoms with Crippen molar-refractivity contribution in [3.63, 3.8) is 0 Å². The van der Waals surface area contributed by atoms with Crippen molar-refractivity contribution in [2.24, 2.45) is 0 Å².